The second-order valence-electron chi connectivity index (χ2n) is 3.87. The molecule has 0 saturated carbocycles. The zero-order chi connectivity index (χ0) is 11.7. The maximum atomic E-state index is 11.7. The number of fused-ring (bicyclic) bond motifs is 1. The first-order valence-electron chi connectivity index (χ1n) is 5.37. The number of benzene rings is 1. The number of rotatable bonds is 2. The highest BCUT2D eigenvalue weighted by Gasteiger charge is 2.17. The van der Waals surface area contributed by atoms with Crippen LogP contribution >= 0.6 is 0 Å². The monoisotopic (exact) mass is 217 g/mol. The van der Waals surface area contributed by atoms with Crippen LogP contribution in [0.5, 0.6) is 0 Å². The molecule has 0 bridgehead atoms. The minimum atomic E-state index is -0.271. The Kier molecular flexibility index (Phi) is 2.69. The van der Waals surface area contributed by atoms with E-state index in [0.717, 1.165) is 23.0 Å². The maximum absolute atomic E-state index is 11.7. The summed E-state index contributed by atoms with van der Waals surface area (Å²) in [6.07, 6.45) is 0.790. The molecule has 0 amide bonds. The summed E-state index contributed by atoms with van der Waals surface area (Å²) in [6, 6.07) is 6.01. The molecule has 2 aromatic rings. The molecule has 3 nitrogen and oxygen atoms in total. The number of ether oxygens (including phenoxy) is 1. The van der Waals surface area contributed by atoms with Gasteiger partial charge in [-0.1, -0.05) is 19.1 Å². The van der Waals surface area contributed by atoms with Crippen molar-refractivity contribution in [2.75, 3.05) is 7.11 Å². The quantitative estimate of drug-likeness (QED) is 0.786. The van der Waals surface area contributed by atoms with Crippen LogP contribution in [0, 0.1) is 6.92 Å². The Hall–Kier alpha value is -1.77. The van der Waals surface area contributed by atoms with E-state index in [-0.39, 0.29) is 5.97 Å². The molecule has 1 heterocycles. The summed E-state index contributed by atoms with van der Waals surface area (Å²) in [5, 5.41) is 0.939. The molecule has 0 saturated heterocycles. The number of esters is 1. The molecule has 16 heavy (non-hydrogen) atoms. The van der Waals surface area contributed by atoms with Gasteiger partial charge in [-0.15, -0.1) is 0 Å². The Balaban J connectivity index is 2.73. The van der Waals surface area contributed by atoms with E-state index in [1.807, 2.05) is 32.0 Å². The maximum Gasteiger partial charge on any atom is 0.340 e. The number of methoxy groups -OCH3 is 1. The lowest BCUT2D eigenvalue weighted by molar-refractivity contribution is 0.0602. The third kappa shape index (κ3) is 1.58. The van der Waals surface area contributed by atoms with Gasteiger partial charge < -0.3 is 9.72 Å². The van der Waals surface area contributed by atoms with Gasteiger partial charge in [-0.3, -0.25) is 0 Å². The van der Waals surface area contributed by atoms with Gasteiger partial charge in [-0.2, -0.15) is 0 Å². The SMILES string of the molecule is CCc1[nH]c2cc(C)ccc2c1C(=O)OC. The van der Waals surface area contributed by atoms with Crippen molar-refractivity contribution in [2.45, 2.75) is 20.3 Å². The van der Waals surface area contributed by atoms with Crippen LogP contribution in [0.2, 0.25) is 0 Å². The van der Waals surface area contributed by atoms with Gasteiger partial charge in [0.25, 0.3) is 0 Å². The predicted octanol–water partition coefficient (Wildman–Crippen LogP) is 2.83. The van der Waals surface area contributed by atoms with Gasteiger partial charge in [0.05, 0.1) is 12.7 Å². The lowest BCUT2D eigenvalue weighted by Crippen LogP contribution is -2.03. The van der Waals surface area contributed by atoms with E-state index < -0.39 is 0 Å². The van der Waals surface area contributed by atoms with E-state index in [1.54, 1.807) is 0 Å². The first-order valence-corrected chi connectivity index (χ1v) is 5.37. The Morgan fingerprint density at radius 1 is 1.44 bits per heavy atom. The smallest absolute Gasteiger partial charge is 0.340 e. The third-order valence-electron chi connectivity index (χ3n) is 2.77. The van der Waals surface area contributed by atoms with Crippen molar-refractivity contribution in [3.63, 3.8) is 0 Å². The number of carbonyl (C=O) groups excluding carboxylic acids is 1. The average molecular weight is 217 g/mol. The molecule has 1 aromatic carbocycles. The molecule has 0 atom stereocenters. The molecule has 0 aliphatic heterocycles. The molecular formula is C13H15NO2. The normalized spacial score (nSPS) is 10.7. The van der Waals surface area contributed by atoms with E-state index in [2.05, 4.69) is 4.98 Å². The van der Waals surface area contributed by atoms with Crippen molar-refractivity contribution in [1.29, 1.82) is 0 Å². The van der Waals surface area contributed by atoms with Gasteiger partial charge in [0.1, 0.15) is 0 Å². The average Bonchev–Trinajstić information content (AvgIpc) is 2.65. The second kappa shape index (κ2) is 4.00. The molecule has 1 aromatic heterocycles. The number of aromatic nitrogens is 1. The van der Waals surface area contributed by atoms with Crippen molar-refractivity contribution >= 4 is 16.9 Å². The number of nitrogens with one attached hydrogen (secondary N) is 1. The molecule has 2 rings (SSSR count). The number of aryl methyl sites for hydroxylation is 2. The third-order valence-corrected chi connectivity index (χ3v) is 2.77. The van der Waals surface area contributed by atoms with Crippen molar-refractivity contribution in [3.8, 4) is 0 Å². The molecule has 0 radical (unpaired) electrons. The van der Waals surface area contributed by atoms with E-state index in [4.69, 9.17) is 4.74 Å². The number of aromatic amines is 1. The van der Waals surface area contributed by atoms with Gasteiger partial charge in [0, 0.05) is 16.6 Å². The fraction of sp³-hybridized carbons (Fsp3) is 0.308. The predicted molar refractivity (Wildman–Crippen MR) is 63.8 cm³/mol. The highest BCUT2D eigenvalue weighted by atomic mass is 16.5. The number of hydrogen-bond acceptors (Lipinski definition) is 2. The van der Waals surface area contributed by atoms with Crippen LogP contribution in [0.1, 0.15) is 28.5 Å². The molecule has 1 N–H and O–H groups in total. The van der Waals surface area contributed by atoms with Crippen molar-refractivity contribution < 1.29 is 9.53 Å². The number of H-pyrrole nitrogens is 1. The molecule has 0 fully saturated rings. The van der Waals surface area contributed by atoms with Gasteiger partial charge in [-0.05, 0) is 25.0 Å². The molecule has 0 unspecified atom stereocenters. The fourth-order valence-corrected chi connectivity index (χ4v) is 1.97. The lowest BCUT2D eigenvalue weighted by atomic mass is 10.1. The van der Waals surface area contributed by atoms with Gasteiger partial charge in [0.2, 0.25) is 0 Å². The molecule has 3 heteroatoms. The van der Waals surface area contributed by atoms with Gasteiger partial charge >= 0.3 is 5.97 Å². The minimum absolute atomic E-state index is 0.271. The van der Waals surface area contributed by atoms with Crippen molar-refractivity contribution in [3.05, 3.63) is 35.0 Å². The highest BCUT2D eigenvalue weighted by Crippen LogP contribution is 2.24. The minimum Gasteiger partial charge on any atom is -0.465 e. The van der Waals surface area contributed by atoms with Gasteiger partial charge in [0.15, 0.2) is 0 Å². The molecule has 0 spiro atoms. The van der Waals surface area contributed by atoms with E-state index >= 15 is 0 Å². The van der Waals surface area contributed by atoms with Crippen LogP contribution in [-0.4, -0.2) is 18.1 Å². The summed E-state index contributed by atoms with van der Waals surface area (Å²) in [5.74, 6) is -0.271. The summed E-state index contributed by atoms with van der Waals surface area (Å²) in [7, 11) is 1.41. The van der Waals surface area contributed by atoms with Crippen LogP contribution in [0.25, 0.3) is 10.9 Å². The van der Waals surface area contributed by atoms with E-state index in [0.29, 0.717) is 5.56 Å². The van der Waals surface area contributed by atoms with Crippen molar-refractivity contribution in [1.82, 2.24) is 4.98 Å². The first-order chi connectivity index (χ1) is 7.67. The summed E-state index contributed by atoms with van der Waals surface area (Å²) in [6.45, 7) is 4.05. The topological polar surface area (TPSA) is 42.1 Å². The van der Waals surface area contributed by atoms with E-state index in [1.165, 1.54) is 12.7 Å². The number of hydrogen-bond donors (Lipinski definition) is 1. The van der Waals surface area contributed by atoms with E-state index in [9.17, 15) is 4.79 Å². The second-order valence-corrected chi connectivity index (χ2v) is 3.87. The summed E-state index contributed by atoms with van der Waals surface area (Å²) in [5.41, 5.74) is 3.78. The summed E-state index contributed by atoms with van der Waals surface area (Å²) < 4.78 is 4.82. The molecule has 0 aliphatic rings. The van der Waals surface area contributed by atoms with Crippen LogP contribution in [0.3, 0.4) is 0 Å². The zero-order valence-corrected chi connectivity index (χ0v) is 9.76. The van der Waals surface area contributed by atoms with Crippen molar-refractivity contribution in [2.24, 2.45) is 0 Å². The Bertz CT molecular complexity index is 540. The standard InChI is InChI=1S/C13H15NO2/c1-4-10-12(13(15)16-3)9-6-5-8(2)7-11(9)14-10/h5-7,14H,4H2,1-3H3. The number of carbonyl (C=O) groups is 1. The Morgan fingerprint density at radius 2 is 2.19 bits per heavy atom. The largest absolute Gasteiger partial charge is 0.465 e. The summed E-state index contributed by atoms with van der Waals surface area (Å²) >= 11 is 0. The fourth-order valence-electron chi connectivity index (χ4n) is 1.97. The molecule has 84 valence electrons. The Morgan fingerprint density at radius 3 is 2.81 bits per heavy atom. The molecule has 0 aliphatic carbocycles. The van der Waals surface area contributed by atoms with Crippen LogP contribution in [0.15, 0.2) is 18.2 Å². The molecular weight excluding hydrogens is 202 g/mol. The summed E-state index contributed by atoms with van der Waals surface area (Å²) in [4.78, 5) is 15.0. The van der Waals surface area contributed by atoms with Crippen LogP contribution in [0.4, 0.5) is 0 Å². The lowest BCUT2D eigenvalue weighted by Gasteiger charge is -2.00. The first kappa shape index (κ1) is 10.7. The van der Waals surface area contributed by atoms with Gasteiger partial charge in [-0.25, -0.2) is 4.79 Å². The van der Waals surface area contributed by atoms with Crippen LogP contribution in [-0.2, 0) is 11.2 Å². The van der Waals surface area contributed by atoms with Crippen LogP contribution < -0.4 is 0 Å². The zero-order valence-electron chi connectivity index (χ0n) is 9.76. The Labute approximate surface area is 94.4 Å². The highest BCUT2D eigenvalue weighted by molar-refractivity contribution is 6.05.